The van der Waals surface area contributed by atoms with E-state index in [0.717, 1.165) is 36.7 Å². The molecule has 7 heteroatoms. The zero-order chi connectivity index (χ0) is 13.8. The quantitative estimate of drug-likeness (QED) is 0.665. The van der Waals surface area contributed by atoms with Crippen LogP contribution in [0, 0.1) is 0 Å². The van der Waals surface area contributed by atoms with Gasteiger partial charge in [-0.2, -0.15) is 13.2 Å². The molecule has 1 rings (SSSR count). The lowest BCUT2D eigenvalue weighted by Gasteiger charge is -2.10. The highest BCUT2D eigenvalue weighted by atomic mass is 32.2. The molecule has 0 aliphatic heterocycles. The van der Waals surface area contributed by atoms with Gasteiger partial charge in [-0.25, -0.2) is 4.98 Å². The molecule has 18 heavy (non-hydrogen) atoms. The highest BCUT2D eigenvalue weighted by Crippen LogP contribution is 2.31. The molecular formula is C11H13F3N2OS. The molecule has 0 spiro atoms. The van der Waals surface area contributed by atoms with Crippen molar-refractivity contribution in [2.45, 2.75) is 31.0 Å². The monoisotopic (exact) mass is 278 g/mol. The second-order valence-corrected chi connectivity index (χ2v) is 4.70. The van der Waals surface area contributed by atoms with Crippen LogP contribution in [-0.4, -0.2) is 16.6 Å². The van der Waals surface area contributed by atoms with E-state index >= 15 is 0 Å². The summed E-state index contributed by atoms with van der Waals surface area (Å²) in [5.74, 6) is -0.166. The first-order chi connectivity index (χ1) is 8.36. The highest BCUT2D eigenvalue weighted by Gasteiger charge is 2.33. The van der Waals surface area contributed by atoms with Crippen LogP contribution < -0.4 is 5.73 Å². The number of rotatable bonds is 5. The third-order valence-electron chi connectivity index (χ3n) is 2.15. The van der Waals surface area contributed by atoms with Gasteiger partial charge in [0.25, 0.3) is 5.91 Å². The van der Waals surface area contributed by atoms with Gasteiger partial charge in [-0.3, -0.25) is 4.79 Å². The molecule has 1 aromatic heterocycles. The third-order valence-corrected chi connectivity index (χ3v) is 3.23. The third kappa shape index (κ3) is 3.90. The Bertz CT molecular complexity index is 435. The lowest BCUT2D eigenvalue weighted by molar-refractivity contribution is -0.141. The van der Waals surface area contributed by atoms with Crippen molar-refractivity contribution in [1.29, 1.82) is 0 Å². The Morgan fingerprint density at radius 3 is 2.61 bits per heavy atom. The standard InChI is InChI=1S/C11H13F3N2OS/c1-2-3-6-18-10-7(9(15)17)4-5-8(16-10)11(12,13)14/h4-5H,2-3,6H2,1H3,(H2,15,17). The van der Waals surface area contributed by atoms with Crippen LogP contribution >= 0.6 is 11.8 Å². The number of pyridine rings is 1. The van der Waals surface area contributed by atoms with E-state index in [9.17, 15) is 18.0 Å². The lowest BCUT2D eigenvalue weighted by Crippen LogP contribution is -2.16. The first-order valence-corrected chi connectivity index (χ1v) is 6.35. The van der Waals surface area contributed by atoms with Crippen LogP contribution in [0.2, 0.25) is 0 Å². The fraction of sp³-hybridized carbons (Fsp3) is 0.455. The Balaban J connectivity index is 3.04. The number of unbranched alkanes of at least 4 members (excludes halogenated alkanes) is 1. The Morgan fingerprint density at radius 1 is 1.44 bits per heavy atom. The van der Waals surface area contributed by atoms with Crippen molar-refractivity contribution in [3.8, 4) is 0 Å². The topological polar surface area (TPSA) is 56.0 Å². The molecule has 1 amide bonds. The van der Waals surface area contributed by atoms with Gasteiger partial charge in [0.15, 0.2) is 0 Å². The summed E-state index contributed by atoms with van der Waals surface area (Å²) in [6.07, 6.45) is -2.77. The number of halogens is 3. The zero-order valence-corrected chi connectivity index (χ0v) is 10.6. The van der Waals surface area contributed by atoms with Crippen molar-refractivity contribution in [3.05, 3.63) is 23.4 Å². The molecule has 2 N–H and O–H groups in total. The summed E-state index contributed by atoms with van der Waals surface area (Å²) in [4.78, 5) is 14.6. The lowest BCUT2D eigenvalue weighted by atomic mass is 10.2. The molecule has 0 bridgehead atoms. The fourth-order valence-corrected chi connectivity index (χ4v) is 2.32. The van der Waals surface area contributed by atoms with Gasteiger partial charge in [0, 0.05) is 0 Å². The van der Waals surface area contributed by atoms with Gasteiger partial charge < -0.3 is 5.73 Å². The number of primary amides is 1. The largest absolute Gasteiger partial charge is 0.433 e. The predicted octanol–water partition coefficient (Wildman–Crippen LogP) is 3.09. The first kappa shape index (κ1) is 14.8. The Kier molecular flexibility index (Phi) is 5.01. The number of nitrogens with two attached hydrogens (primary N) is 1. The Labute approximate surface area is 107 Å². The fourth-order valence-electron chi connectivity index (χ4n) is 1.21. The van der Waals surface area contributed by atoms with E-state index in [0.29, 0.717) is 5.75 Å². The van der Waals surface area contributed by atoms with Gasteiger partial charge in [-0.1, -0.05) is 13.3 Å². The summed E-state index contributed by atoms with van der Waals surface area (Å²) in [5.41, 5.74) is 4.13. The summed E-state index contributed by atoms with van der Waals surface area (Å²) in [5, 5.41) is 0.0470. The molecule has 0 fully saturated rings. The second kappa shape index (κ2) is 6.08. The molecule has 1 aromatic rings. The molecule has 3 nitrogen and oxygen atoms in total. The molecule has 0 aromatic carbocycles. The number of hydrogen-bond acceptors (Lipinski definition) is 3. The summed E-state index contributed by atoms with van der Waals surface area (Å²) >= 11 is 1.12. The van der Waals surface area contributed by atoms with Crippen molar-refractivity contribution in [1.82, 2.24) is 4.98 Å². The first-order valence-electron chi connectivity index (χ1n) is 5.37. The van der Waals surface area contributed by atoms with E-state index in [2.05, 4.69) is 4.98 Å². The van der Waals surface area contributed by atoms with Crippen LogP contribution in [0.3, 0.4) is 0 Å². The average molecular weight is 278 g/mol. The normalized spacial score (nSPS) is 11.6. The number of amides is 1. The maximum atomic E-state index is 12.5. The van der Waals surface area contributed by atoms with Gasteiger partial charge in [0.1, 0.15) is 10.7 Å². The molecule has 1 heterocycles. The number of alkyl halides is 3. The van der Waals surface area contributed by atoms with E-state index in [4.69, 9.17) is 5.73 Å². The minimum Gasteiger partial charge on any atom is -0.366 e. The molecule has 0 saturated heterocycles. The van der Waals surface area contributed by atoms with E-state index in [1.807, 2.05) is 6.92 Å². The van der Waals surface area contributed by atoms with Crippen LogP contribution in [0.4, 0.5) is 13.2 Å². The van der Waals surface area contributed by atoms with E-state index in [-0.39, 0.29) is 10.6 Å². The van der Waals surface area contributed by atoms with Crippen molar-refractivity contribution in [2.75, 3.05) is 5.75 Å². The molecular weight excluding hydrogens is 265 g/mol. The minimum absolute atomic E-state index is 0.0316. The summed E-state index contributed by atoms with van der Waals surface area (Å²) in [6.45, 7) is 1.97. The highest BCUT2D eigenvalue weighted by molar-refractivity contribution is 7.99. The second-order valence-electron chi connectivity index (χ2n) is 3.61. The molecule has 0 saturated carbocycles. The molecule has 100 valence electrons. The molecule has 0 aliphatic rings. The number of hydrogen-bond donors (Lipinski definition) is 1. The molecule has 0 radical (unpaired) electrons. The van der Waals surface area contributed by atoms with Gasteiger partial charge >= 0.3 is 6.18 Å². The molecule has 0 aliphatic carbocycles. The van der Waals surface area contributed by atoms with E-state index < -0.39 is 17.8 Å². The zero-order valence-electron chi connectivity index (χ0n) is 9.75. The van der Waals surface area contributed by atoms with Crippen LogP contribution in [-0.2, 0) is 6.18 Å². The van der Waals surface area contributed by atoms with Crippen molar-refractivity contribution >= 4 is 17.7 Å². The number of carbonyl (C=O) groups excluding carboxylic acids is 1. The van der Waals surface area contributed by atoms with Crippen LogP contribution in [0.15, 0.2) is 17.2 Å². The van der Waals surface area contributed by atoms with Gasteiger partial charge in [-0.05, 0) is 24.3 Å². The number of nitrogens with zero attached hydrogens (tertiary/aromatic N) is 1. The number of thioether (sulfide) groups is 1. The van der Waals surface area contributed by atoms with Crippen molar-refractivity contribution in [3.63, 3.8) is 0 Å². The molecule has 0 atom stereocenters. The van der Waals surface area contributed by atoms with Gasteiger partial charge in [0.05, 0.1) is 5.56 Å². The summed E-state index contributed by atoms with van der Waals surface area (Å²) < 4.78 is 37.5. The number of aromatic nitrogens is 1. The maximum Gasteiger partial charge on any atom is 0.433 e. The van der Waals surface area contributed by atoms with Crippen molar-refractivity contribution < 1.29 is 18.0 Å². The Hall–Kier alpha value is -1.24. The maximum absolute atomic E-state index is 12.5. The average Bonchev–Trinajstić information content (AvgIpc) is 2.27. The van der Waals surface area contributed by atoms with Gasteiger partial charge in [-0.15, -0.1) is 11.8 Å². The Morgan fingerprint density at radius 2 is 2.11 bits per heavy atom. The SMILES string of the molecule is CCCCSc1nc(C(F)(F)F)ccc1C(N)=O. The van der Waals surface area contributed by atoms with Crippen molar-refractivity contribution in [2.24, 2.45) is 5.73 Å². The number of carbonyl (C=O) groups is 1. The molecule has 0 unspecified atom stereocenters. The predicted molar refractivity (Wildman–Crippen MR) is 63.4 cm³/mol. The smallest absolute Gasteiger partial charge is 0.366 e. The van der Waals surface area contributed by atoms with Crippen LogP contribution in [0.5, 0.6) is 0 Å². The van der Waals surface area contributed by atoms with Crippen LogP contribution in [0.1, 0.15) is 35.8 Å². The minimum atomic E-state index is -4.52. The van der Waals surface area contributed by atoms with Gasteiger partial charge in [0.2, 0.25) is 0 Å². The van der Waals surface area contributed by atoms with E-state index in [1.54, 1.807) is 0 Å². The van der Waals surface area contributed by atoms with Crippen LogP contribution in [0.25, 0.3) is 0 Å². The summed E-state index contributed by atoms with van der Waals surface area (Å²) in [7, 11) is 0. The van der Waals surface area contributed by atoms with E-state index in [1.165, 1.54) is 0 Å². The summed E-state index contributed by atoms with van der Waals surface area (Å²) in [6, 6.07) is 1.84.